The van der Waals surface area contributed by atoms with Gasteiger partial charge in [0.2, 0.25) is 0 Å². The van der Waals surface area contributed by atoms with Crippen molar-refractivity contribution in [2.45, 2.75) is 45.1 Å². The zero-order valence-corrected chi connectivity index (χ0v) is 16.2. The second-order valence-corrected chi connectivity index (χ2v) is 8.31. The van der Waals surface area contributed by atoms with Crippen molar-refractivity contribution >= 4 is 28.0 Å². The monoisotopic (exact) mass is 427 g/mol. The summed E-state index contributed by atoms with van der Waals surface area (Å²) < 4.78 is 59.5. The highest BCUT2D eigenvalue weighted by molar-refractivity contribution is 7.17. The number of hydrogen-bond donors (Lipinski definition) is 1. The minimum absolute atomic E-state index is 0.147. The zero-order chi connectivity index (χ0) is 20.9. The van der Waals surface area contributed by atoms with Gasteiger partial charge in [0.15, 0.2) is 5.78 Å². The number of fused-ring (bicyclic) bond motifs is 1. The minimum atomic E-state index is -4.89. The fourth-order valence-electron chi connectivity index (χ4n) is 3.68. The van der Waals surface area contributed by atoms with Gasteiger partial charge in [-0.1, -0.05) is 12.5 Å². The van der Waals surface area contributed by atoms with Crippen molar-refractivity contribution in [3.05, 3.63) is 51.1 Å². The molecular weight excluding hydrogens is 410 g/mol. The largest absolute Gasteiger partial charge is 0.417 e. The summed E-state index contributed by atoms with van der Waals surface area (Å²) >= 11 is 1.09. The Bertz CT molecular complexity index is 994. The van der Waals surface area contributed by atoms with Crippen molar-refractivity contribution in [2.24, 2.45) is 5.92 Å². The number of thiophene rings is 1. The maximum atomic E-state index is 14.2. The van der Waals surface area contributed by atoms with Gasteiger partial charge in [0.1, 0.15) is 10.8 Å². The summed E-state index contributed by atoms with van der Waals surface area (Å²) in [5, 5.41) is 2.53. The van der Waals surface area contributed by atoms with Crippen molar-refractivity contribution in [3.63, 3.8) is 0 Å². The van der Waals surface area contributed by atoms with E-state index < -0.39 is 29.0 Å². The summed E-state index contributed by atoms with van der Waals surface area (Å²) in [5.41, 5.74) is -1.48. The lowest BCUT2D eigenvalue weighted by Crippen LogP contribution is -2.25. The second kappa shape index (κ2) is 7.21. The Morgan fingerprint density at radius 3 is 2.55 bits per heavy atom. The van der Waals surface area contributed by atoms with Gasteiger partial charge in [-0.15, -0.1) is 11.3 Å². The second-order valence-electron chi connectivity index (χ2n) is 7.20. The van der Waals surface area contributed by atoms with Crippen LogP contribution in [-0.2, 0) is 17.5 Å². The summed E-state index contributed by atoms with van der Waals surface area (Å²) in [4.78, 5) is 26.4. The number of carbonyl (C=O) groups is 2. The fourth-order valence-corrected chi connectivity index (χ4v) is 4.88. The number of anilines is 1. The molecular formula is C20H17F4NO3S. The molecule has 2 aromatic rings. The first-order valence-electron chi connectivity index (χ1n) is 9.17. The number of hydrogen-bond acceptors (Lipinski definition) is 4. The molecule has 1 N–H and O–H groups in total. The SMILES string of the molecule is CC1OCc2sc(NC(=O)c3c(F)cccc3C(F)(F)F)c(C(=O)C3CCC3)c21. The standard InChI is InChI=1S/C20H17F4NO3S/c1-9-14-13(8-28-9)29-19(16(14)17(26)10-4-2-5-10)25-18(27)15-11(20(22,23)24)6-3-7-12(15)21/h3,6-7,9-10H,2,4-5,8H2,1H3,(H,25,27). The molecule has 1 aromatic carbocycles. The summed E-state index contributed by atoms with van der Waals surface area (Å²) in [5.74, 6) is -2.82. The van der Waals surface area contributed by atoms with E-state index in [4.69, 9.17) is 4.74 Å². The minimum Gasteiger partial charge on any atom is -0.368 e. The maximum absolute atomic E-state index is 14.2. The third kappa shape index (κ3) is 3.46. The molecule has 1 aromatic heterocycles. The molecule has 2 aliphatic rings. The normalized spacial score (nSPS) is 19.0. The Balaban J connectivity index is 1.74. The van der Waals surface area contributed by atoms with Crippen LogP contribution in [0.1, 0.15) is 69.0 Å². The molecule has 1 aliphatic heterocycles. The molecule has 1 atom stereocenters. The molecule has 1 saturated carbocycles. The first-order chi connectivity index (χ1) is 13.7. The van der Waals surface area contributed by atoms with Crippen LogP contribution in [0.15, 0.2) is 18.2 Å². The quantitative estimate of drug-likeness (QED) is 0.501. The van der Waals surface area contributed by atoms with Crippen molar-refractivity contribution in [3.8, 4) is 0 Å². The Kier molecular flexibility index (Phi) is 4.98. The van der Waals surface area contributed by atoms with Crippen LogP contribution in [0.4, 0.5) is 22.6 Å². The molecule has 0 bridgehead atoms. The summed E-state index contributed by atoms with van der Waals surface area (Å²) in [6, 6.07) is 2.36. The van der Waals surface area contributed by atoms with Gasteiger partial charge >= 0.3 is 6.18 Å². The molecule has 4 nitrogen and oxygen atoms in total. The average molecular weight is 427 g/mol. The van der Waals surface area contributed by atoms with Gasteiger partial charge in [-0.3, -0.25) is 9.59 Å². The number of alkyl halides is 3. The van der Waals surface area contributed by atoms with Gasteiger partial charge in [-0.25, -0.2) is 4.39 Å². The molecule has 1 amide bonds. The number of carbonyl (C=O) groups excluding carboxylic acids is 2. The van der Waals surface area contributed by atoms with Crippen molar-refractivity contribution < 1.29 is 31.9 Å². The Morgan fingerprint density at radius 2 is 1.93 bits per heavy atom. The first kappa shape index (κ1) is 20.0. The number of halogens is 4. The lowest BCUT2D eigenvalue weighted by atomic mass is 9.79. The Labute approximate surface area is 167 Å². The summed E-state index contributed by atoms with van der Waals surface area (Å²) in [6.07, 6.45) is -2.85. The number of Topliss-reactive ketones (excluding diaryl/α,β-unsaturated/α-hetero) is 1. The molecule has 0 radical (unpaired) electrons. The molecule has 29 heavy (non-hydrogen) atoms. The highest BCUT2D eigenvalue weighted by atomic mass is 32.1. The van der Waals surface area contributed by atoms with Crippen LogP contribution >= 0.6 is 11.3 Å². The number of benzene rings is 1. The van der Waals surface area contributed by atoms with E-state index >= 15 is 0 Å². The highest BCUT2D eigenvalue weighted by Gasteiger charge is 2.39. The predicted molar refractivity (Wildman–Crippen MR) is 98.5 cm³/mol. The molecule has 1 unspecified atom stereocenters. The van der Waals surface area contributed by atoms with E-state index in [1.54, 1.807) is 6.92 Å². The van der Waals surface area contributed by atoms with Gasteiger partial charge in [0, 0.05) is 16.4 Å². The van der Waals surface area contributed by atoms with Crippen LogP contribution in [0.25, 0.3) is 0 Å². The number of ether oxygens (including phenoxy) is 1. The van der Waals surface area contributed by atoms with Crippen LogP contribution in [-0.4, -0.2) is 11.7 Å². The molecule has 9 heteroatoms. The van der Waals surface area contributed by atoms with E-state index in [2.05, 4.69) is 5.32 Å². The van der Waals surface area contributed by atoms with Crippen LogP contribution in [0.3, 0.4) is 0 Å². The molecule has 0 spiro atoms. The van der Waals surface area contributed by atoms with E-state index in [1.165, 1.54) is 0 Å². The number of ketones is 1. The van der Waals surface area contributed by atoms with Gasteiger partial charge < -0.3 is 10.1 Å². The van der Waals surface area contributed by atoms with Crippen molar-refractivity contribution in [1.82, 2.24) is 0 Å². The van der Waals surface area contributed by atoms with Gasteiger partial charge in [-0.2, -0.15) is 13.2 Å². The third-order valence-corrected chi connectivity index (χ3v) is 6.48. The fraction of sp³-hybridized carbons (Fsp3) is 0.400. The van der Waals surface area contributed by atoms with Crippen LogP contribution < -0.4 is 5.32 Å². The van der Waals surface area contributed by atoms with E-state index in [0.29, 0.717) is 11.6 Å². The van der Waals surface area contributed by atoms with Crippen molar-refractivity contribution in [1.29, 1.82) is 0 Å². The molecule has 1 fully saturated rings. The number of amides is 1. The third-order valence-electron chi connectivity index (χ3n) is 5.39. The molecule has 1 aliphatic carbocycles. The molecule has 4 rings (SSSR count). The summed E-state index contributed by atoms with van der Waals surface area (Å²) in [6.45, 7) is 2.04. The Morgan fingerprint density at radius 1 is 1.21 bits per heavy atom. The van der Waals surface area contributed by atoms with Gasteiger partial charge in [0.25, 0.3) is 5.91 Å². The van der Waals surface area contributed by atoms with Gasteiger partial charge in [0.05, 0.1) is 29.4 Å². The van der Waals surface area contributed by atoms with E-state index in [1.807, 2.05) is 0 Å². The van der Waals surface area contributed by atoms with Crippen LogP contribution in [0, 0.1) is 11.7 Å². The molecule has 154 valence electrons. The smallest absolute Gasteiger partial charge is 0.368 e. The average Bonchev–Trinajstić information content (AvgIpc) is 3.11. The highest BCUT2D eigenvalue weighted by Crippen LogP contribution is 2.46. The zero-order valence-electron chi connectivity index (χ0n) is 15.4. The van der Waals surface area contributed by atoms with Crippen LogP contribution in [0.2, 0.25) is 0 Å². The lowest BCUT2D eigenvalue weighted by Gasteiger charge is -2.25. The Hall–Kier alpha value is -2.26. The lowest BCUT2D eigenvalue weighted by molar-refractivity contribution is -0.138. The maximum Gasteiger partial charge on any atom is 0.417 e. The first-order valence-corrected chi connectivity index (χ1v) is 9.98. The predicted octanol–water partition coefficient (Wildman–Crippen LogP) is 5.73. The van der Waals surface area contributed by atoms with Crippen molar-refractivity contribution in [2.75, 3.05) is 5.32 Å². The van der Waals surface area contributed by atoms with Gasteiger partial charge in [-0.05, 0) is 31.9 Å². The summed E-state index contributed by atoms with van der Waals surface area (Å²) in [7, 11) is 0. The van der Waals surface area contributed by atoms with E-state index in [-0.39, 0.29) is 35.0 Å². The number of rotatable bonds is 4. The number of nitrogens with one attached hydrogen (secondary N) is 1. The van der Waals surface area contributed by atoms with Crippen LogP contribution in [0.5, 0.6) is 0 Å². The topological polar surface area (TPSA) is 55.4 Å². The molecule has 2 heterocycles. The molecule has 0 saturated heterocycles. The van der Waals surface area contributed by atoms with E-state index in [9.17, 15) is 27.2 Å². The van der Waals surface area contributed by atoms with E-state index in [0.717, 1.165) is 47.6 Å².